The van der Waals surface area contributed by atoms with Crippen LogP contribution in [0.3, 0.4) is 0 Å². The van der Waals surface area contributed by atoms with Gasteiger partial charge in [0.2, 0.25) is 0 Å². The lowest BCUT2D eigenvalue weighted by atomic mass is 9.88. The maximum Gasteiger partial charge on any atom is 0.0947 e. The molecule has 0 radical (unpaired) electrons. The van der Waals surface area contributed by atoms with E-state index in [1.165, 1.54) is 5.56 Å². The standard InChI is InChI=1S/C13H21NO2/c1-13(2,3)16-12-6-11(7-12)14-8-10-4-5-15-9-10/h4-5,9,11-12,14H,6-8H2,1-3H3. The van der Waals surface area contributed by atoms with Crippen LogP contribution in [0.1, 0.15) is 39.2 Å². The number of hydrogen-bond acceptors (Lipinski definition) is 3. The molecule has 1 saturated carbocycles. The highest BCUT2D eigenvalue weighted by Gasteiger charge is 2.32. The summed E-state index contributed by atoms with van der Waals surface area (Å²) in [6.07, 6.45) is 6.17. The number of furan rings is 1. The molecule has 1 aliphatic rings. The molecule has 0 amide bonds. The van der Waals surface area contributed by atoms with E-state index in [2.05, 4.69) is 26.1 Å². The first kappa shape index (κ1) is 11.7. The molecule has 1 aromatic rings. The highest BCUT2D eigenvalue weighted by molar-refractivity contribution is 5.05. The third-order valence-electron chi connectivity index (χ3n) is 2.79. The molecule has 0 unspecified atom stereocenters. The second-order valence-electron chi connectivity index (χ2n) is 5.53. The zero-order valence-electron chi connectivity index (χ0n) is 10.3. The maximum absolute atomic E-state index is 5.88. The first-order valence-corrected chi connectivity index (χ1v) is 5.95. The van der Waals surface area contributed by atoms with E-state index in [1.54, 1.807) is 12.5 Å². The quantitative estimate of drug-likeness (QED) is 0.852. The monoisotopic (exact) mass is 223 g/mol. The summed E-state index contributed by atoms with van der Waals surface area (Å²) >= 11 is 0. The molecule has 16 heavy (non-hydrogen) atoms. The molecule has 1 fully saturated rings. The molecular weight excluding hydrogens is 202 g/mol. The summed E-state index contributed by atoms with van der Waals surface area (Å²) in [5.74, 6) is 0. The Kier molecular flexibility index (Phi) is 3.36. The molecule has 2 rings (SSSR count). The van der Waals surface area contributed by atoms with Gasteiger partial charge in [0.1, 0.15) is 0 Å². The Hall–Kier alpha value is -0.800. The van der Waals surface area contributed by atoms with Crippen LogP contribution in [0.25, 0.3) is 0 Å². The summed E-state index contributed by atoms with van der Waals surface area (Å²) in [4.78, 5) is 0. The van der Waals surface area contributed by atoms with Crippen molar-refractivity contribution in [2.24, 2.45) is 0 Å². The van der Waals surface area contributed by atoms with Gasteiger partial charge >= 0.3 is 0 Å². The van der Waals surface area contributed by atoms with Crippen molar-refractivity contribution in [1.29, 1.82) is 0 Å². The van der Waals surface area contributed by atoms with Crippen LogP contribution < -0.4 is 5.32 Å². The lowest BCUT2D eigenvalue weighted by Gasteiger charge is -2.39. The average molecular weight is 223 g/mol. The minimum atomic E-state index is -0.0137. The average Bonchev–Trinajstić information content (AvgIpc) is 2.59. The van der Waals surface area contributed by atoms with E-state index in [1.807, 2.05) is 6.07 Å². The highest BCUT2D eigenvalue weighted by Crippen LogP contribution is 2.27. The zero-order valence-corrected chi connectivity index (χ0v) is 10.3. The van der Waals surface area contributed by atoms with Crippen LogP contribution in [0.4, 0.5) is 0 Å². The molecule has 0 atom stereocenters. The minimum Gasteiger partial charge on any atom is -0.472 e. The SMILES string of the molecule is CC(C)(C)OC1CC(NCc2ccoc2)C1. The molecular formula is C13H21NO2. The Morgan fingerprint density at radius 1 is 1.44 bits per heavy atom. The third kappa shape index (κ3) is 3.35. The van der Waals surface area contributed by atoms with Crippen molar-refractivity contribution >= 4 is 0 Å². The summed E-state index contributed by atoms with van der Waals surface area (Å²) in [6.45, 7) is 7.22. The second kappa shape index (κ2) is 4.60. The van der Waals surface area contributed by atoms with Crippen LogP contribution in [-0.2, 0) is 11.3 Å². The van der Waals surface area contributed by atoms with Crippen molar-refractivity contribution in [3.8, 4) is 0 Å². The van der Waals surface area contributed by atoms with Crippen molar-refractivity contribution in [3.05, 3.63) is 24.2 Å². The fraction of sp³-hybridized carbons (Fsp3) is 0.692. The van der Waals surface area contributed by atoms with Gasteiger partial charge in [0.15, 0.2) is 0 Å². The number of ether oxygens (including phenoxy) is 1. The molecule has 1 aliphatic carbocycles. The summed E-state index contributed by atoms with van der Waals surface area (Å²) < 4.78 is 10.9. The first-order chi connectivity index (χ1) is 7.53. The highest BCUT2D eigenvalue weighted by atomic mass is 16.5. The Bertz CT molecular complexity index is 307. The Morgan fingerprint density at radius 2 is 2.19 bits per heavy atom. The van der Waals surface area contributed by atoms with E-state index in [4.69, 9.17) is 9.15 Å². The molecule has 0 saturated heterocycles. The van der Waals surface area contributed by atoms with Gasteiger partial charge in [-0.1, -0.05) is 0 Å². The van der Waals surface area contributed by atoms with Crippen molar-refractivity contribution in [1.82, 2.24) is 5.32 Å². The number of rotatable bonds is 4. The van der Waals surface area contributed by atoms with Crippen LogP contribution in [0.2, 0.25) is 0 Å². The maximum atomic E-state index is 5.88. The van der Waals surface area contributed by atoms with Crippen LogP contribution in [0, 0.1) is 0 Å². The molecule has 1 aromatic heterocycles. The molecule has 0 aromatic carbocycles. The van der Waals surface area contributed by atoms with Crippen LogP contribution >= 0.6 is 0 Å². The van der Waals surface area contributed by atoms with Crippen LogP contribution in [0.5, 0.6) is 0 Å². The predicted molar refractivity (Wildman–Crippen MR) is 63.2 cm³/mol. The van der Waals surface area contributed by atoms with E-state index in [9.17, 15) is 0 Å². The first-order valence-electron chi connectivity index (χ1n) is 5.95. The van der Waals surface area contributed by atoms with Crippen LogP contribution in [-0.4, -0.2) is 17.7 Å². The topological polar surface area (TPSA) is 34.4 Å². The second-order valence-corrected chi connectivity index (χ2v) is 5.53. The molecule has 1 heterocycles. The van der Waals surface area contributed by atoms with Gasteiger partial charge < -0.3 is 14.5 Å². The Morgan fingerprint density at radius 3 is 2.75 bits per heavy atom. The molecule has 1 N–H and O–H groups in total. The normalized spacial score (nSPS) is 25.4. The summed E-state index contributed by atoms with van der Waals surface area (Å²) in [5, 5.41) is 3.50. The molecule has 90 valence electrons. The van der Waals surface area contributed by atoms with E-state index in [0.29, 0.717) is 12.1 Å². The van der Waals surface area contributed by atoms with E-state index >= 15 is 0 Å². The molecule has 0 bridgehead atoms. The van der Waals surface area contributed by atoms with Gasteiger partial charge in [0, 0.05) is 18.2 Å². The fourth-order valence-corrected chi connectivity index (χ4v) is 1.98. The molecule has 0 spiro atoms. The van der Waals surface area contributed by atoms with Crippen molar-refractivity contribution in [3.63, 3.8) is 0 Å². The van der Waals surface area contributed by atoms with Gasteiger partial charge in [0.05, 0.1) is 24.2 Å². The van der Waals surface area contributed by atoms with Gasteiger partial charge in [-0.15, -0.1) is 0 Å². The molecule has 0 aliphatic heterocycles. The van der Waals surface area contributed by atoms with Gasteiger partial charge in [-0.3, -0.25) is 0 Å². The largest absolute Gasteiger partial charge is 0.472 e. The summed E-state index contributed by atoms with van der Waals surface area (Å²) in [5.41, 5.74) is 1.19. The lowest BCUT2D eigenvalue weighted by molar-refractivity contribution is -0.102. The molecule has 3 heteroatoms. The third-order valence-corrected chi connectivity index (χ3v) is 2.79. The fourth-order valence-electron chi connectivity index (χ4n) is 1.98. The van der Waals surface area contributed by atoms with Crippen LogP contribution in [0.15, 0.2) is 23.0 Å². The van der Waals surface area contributed by atoms with E-state index < -0.39 is 0 Å². The van der Waals surface area contributed by atoms with Crippen molar-refractivity contribution < 1.29 is 9.15 Å². The number of hydrogen-bond donors (Lipinski definition) is 1. The zero-order chi connectivity index (χ0) is 11.6. The van der Waals surface area contributed by atoms with Gasteiger partial charge in [-0.05, 0) is 39.7 Å². The van der Waals surface area contributed by atoms with E-state index in [-0.39, 0.29) is 5.60 Å². The molecule has 3 nitrogen and oxygen atoms in total. The van der Waals surface area contributed by atoms with Gasteiger partial charge in [0.25, 0.3) is 0 Å². The van der Waals surface area contributed by atoms with Crippen molar-refractivity contribution in [2.75, 3.05) is 0 Å². The van der Waals surface area contributed by atoms with Gasteiger partial charge in [-0.2, -0.15) is 0 Å². The van der Waals surface area contributed by atoms with E-state index in [0.717, 1.165) is 19.4 Å². The minimum absolute atomic E-state index is 0.0137. The summed E-state index contributed by atoms with van der Waals surface area (Å²) in [6, 6.07) is 2.59. The number of nitrogens with one attached hydrogen (secondary N) is 1. The summed E-state index contributed by atoms with van der Waals surface area (Å²) in [7, 11) is 0. The Labute approximate surface area is 97.2 Å². The van der Waals surface area contributed by atoms with Gasteiger partial charge in [-0.25, -0.2) is 0 Å². The van der Waals surface area contributed by atoms with Crippen molar-refractivity contribution in [2.45, 2.75) is 57.9 Å². The predicted octanol–water partition coefficient (Wildman–Crippen LogP) is 2.72. The smallest absolute Gasteiger partial charge is 0.0947 e. The lowest BCUT2D eigenvalue weighted by Crippen LogP contribution is -2.47. The Balaban J connectivity index is 1.62.